The minimum atomic E-state index is -0.0472. The number of carbonyl (C=O) groups excluding carboxylic acids is 1. The summed E-state index contributed by atoms with van der Waals surface area (Å²) in [6.45, 7) is 4.83. The maximum Gasteiger partial charge on any atom is 0.254 e. The number of ether oxygens (including phenoxy) is 3. The predicted octanol–water partition coefficient (Wildman–Crippen LogP) is 3.59. The number of fused-ring (bicyclic) bond motifs is 1. The fraction of sp³-hybridized carbons (Fsp3) is 0.364. The number of anilines is 1. The molecule has 1 fully saturated rings. The Morgan fingerprint density at radius 2 is 1.67 bits per heavy atom. The van der Waals surface area contributed by atoms with Crippen molar-refractivity contribution in [3.63, 3.8) is 0 Å². The van der Waals surface area contributed by atoms with Crippen LogP contribution in [0, 0.1) is 6.92 Å². The second kappa shape index (κ2) is 8.39. The van der Waals surface area contributed by atoms with Crippen LogP contribution < -0.4 is 19.1 Å². The lowest BCUT2D eigenvalue weighted by Gasteiger charge is -2.34. The molecule has 0 N–H and O–H groups in total. The summed E-state index contributed by atoms with van der Waals surface area (Å²) in [5, 5.41) is 1.01. The van der Waals surface area contributed by atoms with E-state index in [-0.39, 0.29) is 5.91 Å². The zero-order valence-electron chi connectivity index (χ0n) is 17.6. The van der Waals surface area contributed by atoms with Gasteiger partial charge < -0.3 is 24.0 Å². The standard InChI is InChI=1S/C22H25N3O4S/c1-14-6-5-7-18-19(14)23-22(30-18)25-10-8-24(9-11-25)21(26)15-12-16(27-2)20(29-4)17(13-15)28-3/h5-7,12-13H,8-11H2,1-4H3. The van der Waals surface area contributed by atoms with E-state index in [0.717, 1.165) is 23.7 Å². The zero-order chi connectivity index (χ0) is 21.3. The molecule has 30 heavy (non-hydrogen) atoms. The smallest absolute Gasteiger partial charge is 0.254 e. The summed E-state index contributed by atoms with van der Waals surface area (Å²) in [6, 6.07) is 9.65. The number of rotatable bonds is 5. The highest BCUT2D eigenvalue weighted by molar-refractivity contribution is 7.22. The molecule has 2 aromatic carbocycles. The van der Waals surface area contributed by atoms with Crippen molar-refractivity contribution in [2.24, 2.45) is 0 Å². The number of piperazine rings is 1. The van der Waals surface area contributed by atoms with Crippen molar-refractivity contribution in [2.45, 2.75) is 6.92 Å². The number of aromatic nitrogens is 1. The molecule has 158 valence electrons. The Kier molecular flexibility index (Phi) is 5.67. The lowest BCUT2D eigenvalue weighted by Crippen LogP contribution is -2.48. The number of amides is 1. The third kappa shape index (κ3) is 3.63. The number of hydrogen-bond acceptors (Lipinski definition) is 7. The summed E-state index contributed by atoms with van der Waals surface area (Å²) in [7, 11) is 4.64. The maximum atomic E-state index is 13.1. The van der Waals surface area contributed by atoms with Gasteiger partial charge >= 0.3 is 0 Å². The van der Waals surface area contributed by atoms with E-state index < -0.39 is 0 Å². The molecule has 0 atom stereocenters. The fourth-order valence-corrected chi connectivity index (χ4v) is 4.79. The van der Waals surface area contributed by atoms with E-state index in [2.05, 4.69) is 30.0 Å². The Morgan fingerprint density at radius 1 is 1.00 bits per heavy atom. The van der Waals surface area contributed by atoms with Crippen LogP contribution in [0.5, 0.6) is 17.2 Å². The molecular formula is C22H25N3O4S. The molecule has 0 saturated carbocycles. The third-order valence-electron chi connectivity index (χ3n) is 5.36. The van der Waals surface area contributed by atoms with Gasteiger partial charge in [-0.15, -0.1) is 0 Å². The topological polar surface area (TPSA) is 64.1 Å². The van der Waals surface area contributed by atoms with Gasteiger partial charge in [0.05, 0.1) is 31.5 Å². The van der Waals surface area contributed by atoms with Crippen LogP contribution >= 0.6 is 11.3 Å². The largest absolute Gasteiger partial charge is 0.493 e. The highest BCUT2D eigenvalue weighted by Crippen LogP contribution is 2.38. The number of hydrogen-bond donors (Lipinski definition) is 0. The molecule has 3 aromatic rings. The van der Waals surface area contributed by atoms with Gasteiger partial charge in [0.1, 0.15) is 0 Å². The lowest BCUT2D eigenvalue weighted by atomic mass is 10.1. The average Bonchev–Trinajstić information content (AvgIpc) is 3.23. The maximum absolute atomic E-state index is 13.1. The molecule has 1 aliphatic heterocycles. The fourth-order valence-electron chi connectivity index (χ4n) is 3.70. The number of benzene rings is 2. The van der Waals surface area contributed by atoms with E-state index >= 15 is 0 Å². The molecule has 0 spiro atoms. The number of para-hydroxylation sites is 1. The normalized spacial score (nSPS) is 14.1. The van der Waals surface area contributed by atoms with Gasteiger partial charge in [-0.05, 0) is 30.7 Å². The number of aryl methyl sites for hydroxylation is 1. The van der Waals surface area contributed by atoms with Crippen molar-refractivity contribution in [2.75, 3.05) is 52.4 Å². The molecule has 4 rings (SSSR count). The van der Waals surface area contributed by atoms with E-state index in [1.165, 1.54) is 10.3 Å². The predicted molar refractivity (Wildman–Crippen MR) is 119 cm³/mol. The molecule has 1 aliphatic rings. The summed E-state index contributed by atoms with van der Waals surface area (Å²) < 4.78 is 17.3. The van der Waals surface area contributed by atoms with Crippen LogP contribution in [0.3, 0.4) is 0 Å². The van der Waals surface area contributed by atoms with Gasteiger partial charge in [0.15, 0.2) is 16.6 Å². The summed E-state index contributed by atoms with van der Waals surface area (Å²) in [6.07, 6.45) is 0. The van der Waals surface area contributed by atoms with E-state index in [1.807, 2.05) is 4.90 Å². The van der Waals surface area contributed by atoms with Crippen LogP contribution in [-0.4, -0.2) is 63.3 Å². The molecule has 8 heteroatoms. The van der Waals surface area contributed by atoms with Crippen LogP contribution in [0.1, 0.15) is 15.9 Å². The van der Waals surface area contributed by atoms with Gasteiger partial charge in [0, 0.05) is 31.7 Å². The van der Waals surface area contributed by atoms with Crippen molar-refractivity contribution < 1.29 is 19.0 Å². The first-order valence-electron chi connectivity index (χ1n) is 9.76. The van der Waals surface area contributed by atoms with Crippen LogP contribution in [-0.2, 0) is 0 Å². The van der Waals surface area contributed by atoms with Crippen molar-refractivity contribution in [1.29, 1.82) is 0 Å². The summed E-state index contributed by atoms with van der Waals surface area (Å²) in [5.74, 6) is 1.38. The van der Waals surface area contributed by atoms with E-state index in [0.29, 0.717) is 35.9 Å². The van der Waals surface area contributed by atoms with Crippen LogP contribution in [0.4, 0.5) is 5.13 Å². The minimum Gasteiger partial charge on any atom is -0.493 e. The van der Waals surface area contributed by atoms with Gasteiger partial charge in [-0.2, -0.15) is 0 Å². The van der Waals surface area contributed by atoms with Crippen molar-refractivity contribution in [1.82, 2.24) is 9.88 Å². The highest BCUT2D eigenvalue weighted by Gasteiger charge is 2.26. The number of methoxy groups -OCH3 is 3. The first-order chi connectivity index (χ1) is 14.5. The third-order valence-corrected chi connectivity index (χ3v) is 6.44. The van der Waals surface area contributed by atoms with Crippen molar-refractivity contribution >= 4 is 32.6 Å². The van der Waals surface area contributed by atoms with E-state index in [4.69, 9.17) is 19.2 Å². The van der Waals surface area contributed by atoms with Crippen molar-refractivity contribution in [3.8, 4) is 17.2 Å². The molecule has 0 aliphatic carbocycles. The van der Waals surface area contributed by atoms with Crippen LogP contribution in [0.15, 0.2) is 30.3 Å². The first kappa shape index (κ1) is 20.3. The molecule has 0 bridgehead atoms. The molecule has 0 unspecified atom stereocenters. The van der Waals surface area contributed by atoms with Crippen LogP contribution in [0.25, 0.3) is 10.2 Å². The molecule has 0 radical (unpaired) electrons. The molecule has 2 heterocycles. The molecule has 1 aromatic heterocycles. The van der Waals surface area contributed by atoms with Gasteiger partial charge in [-0.1, -0.05) is 23.5 Å². The Balaban J connectivity index is 1.49. The SMILES string of the molecule is COc1cc(C(=O)N2CCN(c3nc4c(C)cccc4s3)CC2)cc(OC)c1OC. The van der Waals surface area contributed by atoms with E-state index in [1.54, 1.807) is 44.8 Å². The van der Waals surface area contributed by atoms with Gasteiger partial charge in [0.25, 0.3) is 5.91 Å². The van der Waals surface area contributed by atoms with Crippen LogP contribution in [0.2, 0.25) is 0 Å². The Hall–Kier alpha value is -3.00. The molecular weight excluding hydrogens is 402 g/mol. The average molecular weight is 428 g/mol. The first-order valence-corrected chi connectivity index (χ1v) is 10.6. The van der Waals surface area contributed by atoms with Gasteiger partial charge in [-0.3, -0.25) is 4.79 Å². The Labute approximate surface area is 179 Å². The Bertz CT molecular complexity index is 1050. The van der Waals surface area contributed by atoms with Crippen molar-refractivity contribution in [3.05, 3.63) is 41.5 Å². The Morgan fingerprint density at radius 3 is 2.23 bits per heavy atom. The lowest BCUT2D eigenvalue weighted by molar-refractivity contribution is 0.0746. The zero-order valence-corrected chi connectivity index (χ0v) is 18.4. The number of carbonyl (C=O) groups is 1. The molecule has 1 saturated heterocycles. The second-order valence-corrected chi connectivity index (χ2v) is 8.12. The number of nitrogens with zero attached hydrogens (tertiary/aromatic N) is 3. The highest BCUT2D eigenvalue weighted by atomic mass is 32.1. The van der Waals surface area contributed by atoms with Gasteiger partial charge in [-0.25, -0.2) is 4.98 Å². The molecule has 7 nitrogen and oxygen atoms in total. The summed E-state index contributed by atoms with van der Waals surface area (Å²) >= 11 is 1.70. The van der Waals surface area contributed by atoms with Gasteiger partial charge in [0.2, 0.25) is 5.75 Å². The van der Waals surface area contributed by atoms with E-state index in [9.17, 15) is 4.79 Å². The second-order valence-electron chi connectivity index (χ2n) is 7.11. The molecule has 1 amide bonds. The summed E-state index contributed by atoms with van der Waals surface area (Å²) in [4.78, 5) is 22.0. The number of thiazole rings is 1. The quantitative estimate of drug-likeness (QED) is 0.620. The minimum absolute atomic E-state index is 0.0472. The summed E-state index contributed by atoms with van der Waals surface area (Å²) in [5.41, 5.74) is 2.77. The monoisotopic (exact) mass is 427 g/mol.